The Hall–Kier alpha value is -3.52. The number of benzene rings is 3. The van der Waals surface area contributed by atoms with Crippen LogP contribution in [0.2, 0.25) is 0 Å². The van der Waals surface area contributed by atoms with Gasteiger partial charge in [-0.1, -0.05) is 32.0 Å². The van der Waals surface area contributed by atoms with E-state index in [2.05, 4.69) is 28.7 Å². The van der Waals surface area contributed by atoms with Gasteiger partial charge in [0.15, 0.2) is 0 Å². The van der Waals surface area contributed by atoms with Crippen molar-refractivity contribution in [2.75, 3.05) is 26.2 Å². The maximum absolute atomic E-state index is 13.0. The minimum absolute atomic E-state index is 0.115. The van der Waals surface area contributed by atoms with E-state index in [1.54, 1.807) is 18.2 Å². The van der Waals surface area contributed by atoms with Crippen molar-refractivity contribution in [3.63, 3.8) is 0 Å². The fraction of sp³-hybridized carbons (Fsp3) is 0.296. The molecule has 184 valence electrons. The molecule has 0 aliphatic rings. The van der Waals surface area contributed by atoms with E-state index in [9.17, 15) is 13.2 Å². The Morgan fingerprint density at radius 3 is 2.37 bits per heavy atom. The summed E-state index contributed by atoms with van der Waals surface area (Å²) in [5, 5.41) is 0. The largest absolute Gasteiger partial charge is 0.493 e. The van der Waals surface area contributed by atoms with Crippen molar-refractivity contribution in [2.45, 2.75) is 26.4 Å². The predicted octanol–water partition coefficient (Wildman–Crippen LogP) is 7.15. The fourth-order valence-corrected chi connectivity index (χ4v) is 3.81. The lowest BCUT2D eigenvalue weighted by molar-refractivity contribution is -0.137. The molecule has 0 amide bonds. The second-order valence-electron chi connectivity index (χ2n) is 8.15. The number of ether oxygens (including phenoxy) is 2. The molecule has 1 aromatic heterocycles. The van der Waals surface area contributed by atoms with Crippen molar-refractivity contribution in [2.24, 2.45) is 0 Å². The number of hydrogen-bond acceptors (Lipinski definition) is 4. The van der Waals surface area contributed by atoms with Crippen LogP contribution in [-0.4, -0.2) is 41.1 Å². The molecule has 35 heavy (non-hydrogen) atoms. The molecule has 0 atom stereocenters. The molecular formula is C27H28F3N3O2. The highest BCUT2D eigenvalue weighted by Crippen LogP contribution is 2.33. The molecule has 0 radical (unpaired) electrons. The van der Waals surface area contributed by atoms with Crippen molar-refractivity contribution in [1.82, 2.24) is 14.9 Å². The first kappa shape index (κ1) is 24.6. The number of fused-ring (bicyclic) bond motifs is 1. The van der Waals surface area contributed by atoms with Crippen LogP contribution in [-0.2, 0) is 6.18 Å². The van der Waals surface area contributed by atoms with Gasteiger partial charge < -0.3 is 19.4 Å². The summed E-state index contributed by atoms with van der Waals surface area (Å²) in [4.78, 5) is 10.3. The minimum atomic E-state index is -4.43. The van der Waals surface area contributed by atoms with Crippen molar-refractivity contribution in [3.8, 4) is 28.6 Å². The van der Waals surface area contributed by atoms with Crippen molar-refractivity contribution in [3.05, 3.63) is 72.3 Å². The average molecular weight is 484 g/mol. The van der Waals surface area contributed by atoms with Crippen LogP contribution in [0.5, 0.6) is 17.2 Å². The van der Waals surface area contributed by atoms with Gasteiger partial charge in [0, 0.05) is 18.2 Å². The lowest BCUT2D eigenvalue weighted by Gasteiger charge is -2.17. The highest BCUT2D eigenvalue weighted by atomic mass is 19.4. The van der Waals surface area contributed by atoms with Crippen LogP contribution in [0.4, 0.5) is 13.2 Å². The standard InChI is InChI=1S/C27H28F3N3O2/c1-3-33(4-2)14-7-15-34-21-12-13-24-25(18-21)32-26(31-24)19-8-5-10-22(16-19)35-23-11-6-9-20(17-23)27(28,29)30/h5-6,8-13,16-18H,3-4,7,14-15H2,1-2H3,(H,31,32). The summed E-state index contributed by atoms with van der Waals surface area (Å²) in [6.45, 7) is 8.01. The molecular weight excluding hydrogens is 455 g/mol. The first-order valence-corrected chi connectivity index (χ1v) is 11.7. The van der Waals surface area contributed by atoms with Gasteiger partial charge in [0.1, 0.15) is 23.1 Å². The molecule has 3 aromatic carbocycles. The Kier molecular flexibility index (Phi) is 7.60. The lowest BCUT2D eigenvalue weighted by Crippen LogP contribution is -2.25. The molecule has 1 N–H and O–H groups in total. The number of nitrogens with zero attached hydrogens (tertiary/aromatic N) is 2. The lowest BCUT2D eigenvalue weighted by atomic mass is 10.2. The van der Waals surface area contributed by atoms with E-state index in [1.807, 2.05) is 24.3 Å². The van der Waals surface area contributed by atoms with E-state index in [0.29, 0.717) is 18.2 Å². The highest BCUT2D eigenvalue weighted by Gasteiger charge is 2.30. The van der Waals surface area contributed by atoms with Crippen molar-refractivity contribution in [1.29, 1.82) is 0 Å². The van der Waals surface area contributed by atoms with Crippen LogP contribution >= 0.6 is 0 Å². The van der Waals surface area contributed by atoms with Gasteiger partial charge in [-0.05, 0) is 62.0 Å². The Labute approximate surface area is 202 Å². The number of nitrogens with one attached hydrogen (secondary N) is 1. The molecule has 0 aliphatic carbocycles. The first-order chi connectivity index (χ1) is 16.9. The number of hydrogen-bond donors (Lipinski definition) is 1. The Morgan fingerprint density at radius 1 is 0.886 bits per heavy atom. The summed E-state index contributed by atoms with van der Waals surface area (Å²) in [7, 11) is 0. The predicted molar refractivity (Wildman–Crippen MR) is 131 cm³/mol. The van der Waals surface area contributed by atoms with E-state index in [4.69, 9.17) is 9.47 Å². The summed E-state index contributed by atoms with van der Waals surface area (Å²) in [5.41, 5.74) is 1.63. The van der Waals surface area contributed by atoms with E-state index in [0.717, 1.165) is 60.5 Å². The van der Waals surface area contributed by atoms with Gasteiger partial charge in [-0.2, -0.15) is 13.2 Å². The van der Waals surface area contributed by atoms with Gasteiger partial charge in [0.25, 0.3) is 0 Å². The zero-order valence-corrected chi connectivity index (χ0v) is 19.7. The number of rotatable bonds is 10. The molecule has 8 heteroatoms. The van der Waals surface area contributed by atoms with Gasteiger partial charge in [0.05, 0.1) is 23.2 Å². The normalized spacial score (nSPS) is 11.8. The SMILES string of the molecule is CCN(CC)CCCOc1ccc2nc(-c3cccc(Oc4cccc(C(F)(F)F)c4)c3)[nH]c2c1. The molecule has 4 aromatic rings. The summed E-state index contributed by atoms with van der Waals surface area (Å²) in [5.74, 6) is 1.94. The minimum Gasteiger partial charge on any atom is -0.493 e. The summed E-state index contributed by atoms with van der Waals surface area (Å²) in [6.07, 6.45) is -3.48. The third-order valence-corrected chi connectivity index (χ3v) is 5.74. The number of aromatic amines is 1. The van der Waals surface area contributed by atoms with Crippen LogP contribution in [0.25, 0.3) is 22.4 Å². The van der Waals surface area contributed by atoms with Gasteiger partial charge in [-0.3, -0.25) is 0 Å². The molecule has 0 spiro atoms. The zero-order valence-electron chi connectivity index (χ0n) is 19.7. The molecule has 0 saturated heterocycles. The molecule has 0 saturated carbocycles. The highest BCUT2D eigenvalue weighted by molar-refractivity contribution is 5.80. The van der Waals surface area contributed by atoms with E-state index in [-0.39, 0.29) is 5.75 Å². The Bertz CT molecular complexity index is 1270. The Balaban J connectivity index is 1.45. The molecule has 4 rings (SSSR count). The van der Waals surface area contributed by atoms with Gasteiger partial charge >= 0.3 is 6.18 Å². The zero-order chi connectivity index (χ0) is 24.8. The molecule has 0 unspecified atom stereocenters. The van der Waals surface area contributed by atoms with E-state index in [1.165, 1.54) is 12.1 Å². The molecule has 0 bridgehead atoms. The van der Waals surface area contributed by atoms with Gasteiger partial charge in [0.2, 0.25) is 0 Å². The fourth-order valence-electron chi connectivity index (χ4n) is 3.81. The third kappa shape index (κ3) is 6.33. The van der Waals surface area contributed by atoms with Crippen LogP contribution in [0.1, 0.15) is 25.8 Å². The monoisotopic (exact) mass is 483 g/mol. The van der Waals surface area contributed by atoms with Crippen molar-refractivity contribution < 1.29 is 22.6 Å². The molecule has 5 nitrogen and oxygen atoms in total. The van der Waals surface area contributed by atoms with Crippen LogP contribution in [0.3, 0.4) is 0 Å². The first-order valence-electron chi connectivity index (χ1n) is 11.7. The quantitative estimate of drug-likeness (QED) is 0.243. The maximum atomic E-state index is 13.0. The number of halogens is 3. The summed E-state index contributed by atoms with van der Waals surface area (Å²) < 4.78 is 50.6. The second-order valence-corrected chi connectivity index (χ2v) is 8.15. The smallest absolute Gasteiger partial charge is 0.416 e. The van der Waals surface area contributed by atoms with Gasteiger partial charge in [-0.15, -0.1) is 0 Å². The number of alkyl halides is 3. The average Bonchev–Trinajstić information content (AvgIpc) is 3.28. The van der Waals surface area contributed by atoms with Crippen LogP contribution in [0, 0.1) is 0 Å². The number of imidazole rings is 1. The molecule has 0 aliphatic heterocycles. The van der Waals surface area contributed by atoms with Crippen LogP contribution < -0.4 is 9.47 Å². The number of H-pyrrole nitrogens is 1. The van der Waals surface area contributed by atoms with E-state index >= 15 is 0 Å². The topological polar surface area (TPSA) is 50.4 Å². The van der Waals surface area contributed by atoms with E-state index < -0.39 is 11.7 Å². The number of aromatic nitrogens is 2. The van der Waals surface area contributed by atoms with Crippen molar-refractivity contribution >= 4 is 11.0 Å². The van der Waals surface area contributed by atoms with Gasteiger partial charge in [-0.25, -0.2) is 4.98 Å². The summed E-state index contributed by atoms with van der Waals surface area (Å²) in [6, 6.07) is 17.6. The van der Waals surface area contributed by atoms with Crippen LogP contribution in [0.15, 0.2) is 66.7 Å². The molecule has 0 fully saturated rings. The molecule has 1 heterocycles. The summed E-state index contributed by atoms with van der Waals surface area (Å²) >= 11 is 0. The second kappa shape index (κ2) is 10.8. The third-order valence-electron chi connectivity index (χ3n) is 5.74. The maximum Gasteiger partial charge on any atom is 0.416 e. The Morgan fingerprint density at radius 2 is 1.63 bits per heavy atom.